The predicted octanol–water partition coefficient (Wildman–Crippen LogP) is 5.79. The standard InChI is InChI=1S/C23H19NO/c1-17-11-13-20(14-12-17)25-16-19-15-23(18-7-3-2-4-8-18)24-22-10-6-5-9-21(19)22/h2-15H,16H2,1H3. The molecule has 2 nitrogen and oxygen atoms in total. The van der Waals surface area contributed by atoms with Gasteiger partial charge in [-0.3, -0.25) is 0 Å². The molecule has 3 aromatic carbocycles. The topological polar surface area (TPSA) is 22.1 Å². The fourth-order valence-corrected chi connectivity index (χ4v) is 2.92. The minimum Gasteiger partial charge on any atom is -0.489 e. The van der Waals surface area contributed by atoms with Gasteiger partial charge in [-0.2, -0.15) is 0 Å². The van der Waals surface area contributed by atoms with E-state index >= 15 is 0 Å². The number of aromatic nitrogens is 1. The Balaban J connectivity index is 1.72. The summed E-state index contributed by atoms with van der Waals surface area (Å²) in [4.78, 5) is 4.82. The number of para-hydroxylation sites is 1. The van der Waals surface area contributed by atoms with E-state index in [0.29, 0.717) is 6.61 Å². The van der Waals surface area contributed by atoms with Crippen molar-refractivity contribution < 1.29 is 4.74 Å². The molecule has 0 radical (unpaired) electrons. The van der Waals surface area contributed by atoms with Crippen LogP contribution in [0.15, 0.2) is 84.9 Å². The summed E-state index contributed by atoms with van der Waals surface area (Å²) in [6.45, 7) is 2.60. The van der Waals surface area contributed by atoms with Gasteiger partial charge in [0, 0.05) is 16.5 Å². The molecule has 0 aliphatic heterocycles. The summed E-state index contributed by atoms with van der Waals surface area (Å²) in [7, 11) is 0. The van der Waals surface area contributed by atoms with Crippen LogP contribution in [0.2, 0.25) is 0 Å². The highest BCUT2D eigenvalue weighted by Crippen LogP contribution is 2.26. The van der Waals surface area contributed by atoms with Crippen LogP contribution in [0.5, 0.6) is 5.75 Å². The number of rotatable bonds is 4. The van der Waals surface area contributed by atoms with Crippen LogP contribution in [0, 0.1) is 6.92 Å². The van der Waals surface area contributed by atoms with Crippen LogP contribution in [0.4, 0.5) is 0 Å². The van der Waals surface area contributed by atoms with Gasteiger partial charge in [-0.1, -0.05) is 66.2 Å². The lowest BCUT2D eigenvalue weighted by Gasteiger charge is -2.11. The highest BCUT2D eigenvalue weighted by atomic mass is 16.5. The van der Waals surface area contributed by atoms with E-state index in [1.807, 2.05) is 42.5 Å². The minimum atomic E-state index is 0.520. The first-order valence-electron chi connectivity index (χ1n) is 8.43. The molecule has 4 rings (SSSR count). The summed E-state index contributed by atoms with van der Waals surface area (Å²) in [5.41, 5.74) is 5.45. The van der Waals surface area contributed by atoms with Crippen LogP contribution in [0.1, 0.15) is 11.1 Å². The molecule has 122 valence electrons. The first-order valence-corrected chi connectivity index (χ1v) is 8.43. The van der Waals surface area contributed by atoms with Crippen LogP contribution in [-0.2, 0) is 6.61 Å². The third kappa shape index (κ3) is 3.38. The molecule has 0 aliphatic rings. The van der Waals surface area contributed by atoms with Crippen LogP contribution in [-0.4, -0.2) is 4.98 Å². The van der Waals surface area contributed by atoms with Crippen LogP contribution in [0.25, 0.3) is 22.2 Å². The first-order chi connectivity index (χ1) is 12.3. The van der Waals surface area contributed by atoms with Crippen molar-refractivity contribution in [3.8, 4) is 17.0 Å². The van der Waals surface area contributed by atoms with Crippen molar-refractivity contribution in [3.63, 3.8) is 0 Å². The van der Waals surface area contributed by atoms with Gasteiger partial charge >= 0.3 is 0 Å². The van der Waals surface area contributed by atoms with Crippen molar-refractivity contribution in [1.82, 2.24) is 4.98 Å². The maximum absolute atomic E-state index is 6.02. The Morgan fingerprint density at radius 2 is 1.52 bits per heavy atom. The van der Waals surface area contributed by atoms with Gasteiger partial charge in [0.05, 0.1) is 11.2 Å². The van der Waals surface area contributed by atoms with Crippen molar-refractivity contribution in [1.29, 1.82) is 0 Å². The van der Waals surface area contributed by atoms with Gasteiger partial charge in [0.25, 0.3) is 0 Å². The molecule has 4 aromatic rings. The summed E-state index contributed by atoms with van der Waals surface area (Å²) in [6.07, 6.45) is 0. The fourth-order valence-electron chi connectivity index (χ4n) is 2.92. The van der Waals surface area contributed by atoms with Crippen LogP contribution in [0.3, 0.4) is 0 Å². The van der Waals surface area contributed by atoms with Crippen molar-refractivity contribution in [3.05, 3.63) is 96.1 Å². The summed E-state index contributed by atoms with van der Waals surface area (Å²) in [6, 6.07) is 28.8. The van der Waals surface area contributed by atoms with Crippen molar-refractivity contribution >= 4 is 10.9 Å². The lowest BCUT2D eigenvalue weighted by atomic mass is 10.0. The molecule has 1 heterocycles. The largest absolute Gasteiger partial charge is 0.489 e. The highest BCUT2D eigenvalue weighted by Gasteiger charge is 2.08. The summed E-state index contributed by atoms with van der Waals surface area (Å²) >= 11 is 0. The number of hydrogen-bond acceptors (Lipinski definition) is 2. The normalized spacial score (nSPS) is 10.8. The molecule has 0 atom stereocenters. The lowest BCUT2D eigenvalue weighted by Crippen LogP contribution is -1.99. The van der Waals surface area contributed by atoms with E-state index in [0.717, 1.165) is 33.5 Å². The molecule has 0 saturated heterocycles. The van der Waals surface area contributed by atoms with Gasteiger partial charge in [0.1, 0.15) is 12.4 Å². The van der Waals surface area contributed by atoms with Crippen LogP contribution >= 0.6 is 0 Å². The van der Waals surface area contributed by atoms with E-state index in [4.69, 9.17) is 9.72 Å². The number of aryl methyl sites for hydroxylation is 1. The van der Waals surface area contributed by atoms with Gasteiger partial charge in [-0.15, -0.1) is 0 Å². The number of nitrogens with zero attached hydrogens (tertiary/aromatic N) is 1. The summed E-state index contributed by atoms with van der Waals surface area (Å²) in [5.74, 6) is 0.882. The molecule has 0 aliphatic carbocycles. The number of hydrogen-bond donors (Lipinski definition) is 0. The highest BCUT2D eigenvalue weighted by molar-refractivity contribution is 5.85. The molecule has 0 unspecified atom stereocenters. The van der Waals surface area contributed by atoms with Crippen molar-refractivity contribution in [2.24, 2.45) is 0 Å². The van der Waals surface area contributed by atoms with E-state index < -0.39 is 0 Å². The van der Waals surface area contributed by atoms with Gasteiger partial charge in [-0.05, 0) is 31.2 Å². The zero-order valence-corrected chi connectivity index (χ0v) is 14.1. The molecule has 0 saturated carbocycles. The Bertz CT molecular complexity index is 991. The Morgan fingerprint density at radius 3 is 2.32 bits per heavy atom. The van der Waals surface area contributed by atoms with E-state index in [2.05, 4.69) is 49.4 Å². The van der Waals surface area contributed by atoms with Gasteiger partial charge in [-0.25, -0.2) is 4.98 Å². The average Bonchev–Trinajstić information content (AvgIpc) is 2.68. The minimum absolute atomic E-state index is 0.520. The molecular formula is C23H19NO. The van der Waals surface area contributed by atoms with Gasteiger partial charge in [0.15, 0.2) is 0 Å². The molecule has 0 spiro atoms. The Labute approximate surface area is 147 Å². The summed E-state index contributed by atoms with van der Waals surface area (Å²) < 4.78 is 6.02. The predicted molar refractivity (Wildman–Crippen MR) is 103 cm³/mol. The zero-order chi connectivity index (χ0) is 17.1. The molecule has 0 bridgehead atoms. The molecule has 2 heteroatoms. The van der Waals surface area contributed by atoms with Crippen molar-refractivity contribution in [2.45, 2.75) is 13.5 Å². The molecule has 0 amide bonds. The second kappa shape index (κ2) is 6.78. The average molecular weight is 325 g/mol. The SMILES string of the molecule is Cc1ccc(OCc2cc(-c3ccccc3)nc3ccccc23)cc1. The Hall–Kier alpha value is -3.13. The third-order valence-corrected chi connectivity index (χ3v) is 4.29. The van der Waals surface area contributed by atoms with E-state index in [1.165, 1.54) is 5.56 Å². The number of pyridine rings is 1. The number of fused-ring (bicyclic) bond motifs is 1. The van der Waals surface area contributed by atoms with E-state index in [1.54, 1.807) is 0 Å². The Kier molecular flexibility index (Phi) is 4.17. The van der Waals surface area contributed by atoms with Gasteiger partial charge < -0.3 is 4.74 Å². The second-order valence-corrected chi connectivity index (χ2v) is 6.15. The quantitative estimate of drug-likeness (QED) is 0.474. The van der Waals surface area contributed by atoms with E-state index in [-0.39, 0.29) is 0 Å². The first kappa shape index (κ1) is 15.4. The molecule has 1 aromatic heterocycles. The molecule has 0 N–H and O–H groups in total. The van der Waals surface area contributed by atoms with Gasteiger partial charge in [0.2, 0.25) is 0 Å². The number of benzene rings is 3. The molecule has 0 fully saturated rings. The lowest BCUT2D eigenvalue weighted by molar-refractivity contribution is 0.307. The Morgan fingerprint density at radius 1 is 0.800 bits per heavy atom. The van der Waals surface area contributed by atoms with Crippen LogP contribution < -0.4 is 4.74 Å². The smallest absolute Gasteiger partial charge is 0.119 e. The fraction of sp³-hybridized carbons (Fsp3) is 0.0870. The second-order valence-electron chi connectivity index (χ2n) is 6.15. The van der Waals surface area contributed by atoms with Crippen molar-refractivity contribution in [2.75, 3.05) is 0 Å². The number of ether oxygens (including phenoxy) is 1. The molecule has 25 heavy (non-hydrogen) atoms. The van der Waals surface area contributed by atoms with E-state index in [9.17, 15) is 0 Å². The monoisotopic (exact) mass is 325 g/mol. The third-order valence-electron chi connectivity index (χ3n) is 4.29. The molecular weight excluding hydrogens is 306 g/mol. The zero-order valence-electron chi connectivity index (χ0n) is 14.1. The summed E-state index contributed by atoms with van der Waals surface area (Å²) in [5, 5.41) is 1.13. The maximum Gasteiger partial charge on any atom is 0.119 e. The maximum atomic E-state index is 6.02.